The van der Waals surface area contributed by atoms with Crippen LogP contribution < -0.4 is 14.3 Å². The van der Waals surface area contributed by atoms with E-state index in [2.05, 4.69) is 4.99 Å². The summed E-state index contributed by atoms with van der Waals surface area (Å²) < 4.78 is 12.4. The van der Waals surface area contributed by atoms with E-state index in [1.807, 2.05) is 48.9 Å². The standard InChI is InChI=1S/C20H20N2O3S/c1-13-18(14-8-6-5-7-9-14)22(2)20(26-13)21-19(23)15-10-16(24-3)12-17(11-15)25-4/h5-12H,1-4H3. The van der Waals surface area contributed by atoms with Crippen LogP contribution in [0.1, 0.15) is 15.2 Å². The molecule has 134 valence electrons. The quantitative estimate of drug-likeness (QED) is 0.703. The van der Waals surface area contributed by atoms with Crippen molar-refractivity contribution in [1.29, 1.82) is 0 Å². The maximum atomic E-state index is 12.7. The molecule has 0 bridgehead atoms. The van der Waals surface area contributed by atoms with E-state index < -0.39 is 0 Å². The highest BCUT2D eigenvalue weighted by Gasteiger charge is 2.13. The predicted octanol–water partition coefficient (Wildman–Crippen LogP) is 3.82. The van der Waals surface area contributed by atoms with Crippen LogP contribution in [-0.4, -0.2) is 24.7 Å². The third-order valence-corrected chi connectivity index (χ3v) is 5.09. The summed E-state index contributed by atoms with van der Waals surface area (Å²) in [4.78, 5) is 18.7. The molecule has 1 heterocycles. The van der Waals surface area contributed by atoms with E-state index in [1.54, 1.807) is 32.4 Å². The van der Waals surface area contributed by atoms with Gasteiger partial charge in [-0.05, 0) is 24.6 Å². The molecule has 0 spiro atoms. The normalized spacial score (nSPS) is 11.5. The number of amides is 1. The first kappa shape index (κ1) is 17.9. The van der Waals surface area contributed by atoms with Crippen molar-refractivity contribution in [1.82, 2.24) is 4.57 Å². The fourth-order valence-corrected chi connectivity index (χ4v) is 3.74. The summed E-state index contributed by atoms with van der Waals surface area (Å²) in [5.41, 5.74) is 2.58. The Morgan fingerprint density at radius 1 is 1.04 bits per heavy atom. The minimum absolute atomic E-state index is 0.335. The monoisotopic (exact) mass is 368 g/mol. The van der Waals surface area contributed by atoms with Crippen molar-refractivity contribution in [3.63, 3.8) is 0 Å². The molecule has 0 saturated carbocycles. The van der Waals surface area contributed by atoms with Crippen molar-refractivity contribution < 1.29 is 14.3 Å². The van der Waals surface area contributed by atoms with Crippen molar-refractivity contribution >= 4 is 17.2 Å². The zero-order chi connectivity index (χ0) is 18.7. The lowest BCUT2D eigenvalue weighted by Gasteiger charge is -2.06. The summed E-state index contributed by atoms with van der Waals surface area (Å²) >= 11 is 1.49. The molecule has 0 aliphatic heterocycles. The third-order valence-electron chi connectivity index (χ3n) is 4.04. The van der Waals surface area contributed by atoms with Gasteiger partial charge in [0.05, 0.1) is 19.9 Å². The molecule has 0 unspecified atom stereocenters. The van der Waals surface area contributed by atoms with Crippen molar-refractivity contribution in [3.8, 4) is 22.8 Å². The lowest BCUT2D eigenvalue weighted by molar-refractivity contribution is 0.0997. The summed E-state index contributed by atoms with van der Waals surface area (Å²) in [6.45, 7) is 2.03. The zero-order valence-electron chi connectivity index (χ0n) is 15.1. The van der Waals surface area contributed by atoms with Gasteiger partial charge in [0, 0.05) is 23.6 Å². The lowest BCUT2D eigenvalue weighted by Crippen LogP contribution is -2.14. The first-order valence-corrected chi connectivity index (χ1v) is 8.89. The van der Waals surface area contributed by atoms with E-state index in [0.29, 0.717) is 21.9 Å². The second-order valence-electron chi connectivity index (χ2n) is 5.73. The molecule has 0 aliphatic carbocycles. The molecule has 26 heavy (non-hydrogen) atoms. The number of hydrogen-bond donors (Lipinski definition) is 0. The third kappa shape index (κ3) is 3.55. The Kier molecular flexibility index (Phi) is 5.23. The molecule has 0 radical (unpaired) electrons. The number of ether oxygens (including phenoxy) is 2. The van der Waals surface area contributed by atoms with Gasteiger partial charge in [0.25, 0.3) is 5.91 Å². The van der Waals surface area contributed by atoms with Gasteiger partial charge in [-0.3, -0.25) is 4.79 Å². The topological polar surface area (TPSA) is 52.8 Å². The van der Waals surface area contributed by atoms with Crippen LogP contribution in [-0.2, 0) is 7.05 Å². The molecule has 1 aromatic heterocycles. The summed E-state index contributed by atoms with van der Waals surface area (Å²) in [6.07, 6.45) is 0. The SMILES string of the molecule is COc1cc(OC)cc(C(=O)N=c2sc(C)c(-c3ccccc3)n2C)c1. The van der Waals surface area contributed by atoms with Crippen molar-refractivity contribution in [2.45, 2.75) is 6.92 Å². The fraction of sp³-hybridized carbons (Fsp3) is 0.200. The second kappa shape index (κ2) is 7.58. The van der Waals surface area contributed by atoms with Crippen LogP contribution in [0.3, 0.4) is 0 Å². The minimum atomic E-state index is -0.335. The van der Waals surface area contributed by atoms with Gasteiger partial charge in [-0.1, -0.05) is 30.3 Å². The Hall–Kier alpha value is -2.86. The summed E-state index contributed by atoms with van der Waals surface area (Å²) in [6, 6.07) is 15.1. The van der Waals surface area contributed by atoms with Gasteiger partial charge in [-0.2, -0.15) is 4.99 Å². The van der Waals surface area contributed by atoms with Gasteiger partial charge in [-0.25, -0.2) is 0 Å². The Balaban J connectivity index is 2.05. The molecule has 0 aliphatic rings. The number of aryl methyl sites for hydroxylation is 1. The van der Waals surface area contributed by atoms with E-state index in [4.69, 9.17) is 9.47 Å². The molecule has 3 aromatic rings. The van der Waals surface area contributed by atoms with Crippen LogP contribution in [0.2, 0.25) is 0 Å². The molecule has 0 saturated heterocycles. The van der Waals surface area contributed by atoms with Crippen LogP contribution in [0, 0.1) is 6.92 Å². The number of benzene rings is 2. The van der Waals surface area contributed by atoms with Crippen LogP contribution in [0.4, 0.5) is 0 Å². The Morgan fingerprint density at radius 2 is 1.65 bits per heavy atom. The number of carbonyl (C=O) groups is 1. The first-order chi connectivity index (χ1) is 12.5. The molecule has 5 nitrogen and oxygen atoms in total. The smallest absolute Gasteiger partial charge is 0.279 e. The van der Waals surface area contributed by atoms with Gasteiger partial charge < -0.3 is 14.0 Å². The second-order valence-corrected chi connectivity index (χ2v) is 6.91. The van der Waals surface area contributed by atoms with Gasteiger partial charge in [-0.15, -0.1) is 11.3 Å². The van der Waals surface area contributed by atoms with Gasteiger partial charge in [0.15, 0.2) is 4.80 Å². The fourth-order valence-electron chi connectivity index (χ4n) is 2.76. The Bertz CT molecular complexity index is 981. The van der Waals surface area contributed by atoms with Gasteiger partial charge >= 0.3 is 0 Å². The van der Waals surface area contributed by atoms with E-state index in [9.17, 15) is 4.79 Å². The number of carbonyl (C=O) groups excluding carboxylic acids is 1. The number of hydrogen-bond acceptors (Lipinski definition) is 4. The summed E-state index contributed by atoms with van der Waals surface area (Å²) in [5, 5.41) is 0. The molecule has 0 fully saturated rings. The van der Waals surface area contributed by atoms with Crippen LogP contribution >= 0.6 is 11.3 Å². The van der Waals surface area contributed by atoms with Crippen molar-refractivity contribution in [3.05, 3.63) is 63.8 Å². The van der Waals surface area contributed by atoms with Crippen LogP contribution in [0.25, 0.3) is 11.3 Å². The molecule has 6 heteroatoms. The van der Waals surface area contributed by atoms with Crippen molar-refractivity contribution in [2.75, 3.05) is 14.2 Å². The average Bonchev–Trinajstić information content (AvgIpc) is 2.95. The Morgan fingerprint density at radius 3 is 2.23 bits per heavy atom. The van der Waals surface area contributed by atoms with E-state index in [1.165, 1.54) is 11.3 Å². The molecule has 2 aromatic carbocycles. The molecule has 0 atom stereocenters. The van der Waals surface area contributed by atoms with E-state index in [0.717, 1.165) is 16.1 Å². The van der Waals surface area contributed by atoms with Crippen LogP contribution in [0.5, 0.6) is 11.5 Å². The molecule has 1 amide bonds. The molecular weight excluding hydrogens is 348 g/mol. The maximum Gasteiger partial charge on any atom is 0.279 e. The highest BCUT2D eigenvalue weighted by atomic mass is 32.1. The van der Waals surface area contributed by atoms with Gasteiger partial charge in [0.2, 0.25) is 0 Å². The zero-order valence-corrected chi connectivity index (χ0v) is 16.0. The number of rotatable bonds is 4. The number of methoxy groups -OCH3 is 2. The minimum Gasteiger partial charge on any atom is -0.497 e. The molecule has 3 rings (SSSR count). The number of nitrogens with zero attached hydrogens (tertiary/aromatic N) is 2. The van der Waals surface area contributed by atoms with E-state index >= 15 is 0 Å². The summed E-state index contributed by atoms with van der Waals surface area (Å²) in [7, 11) is 5.02. The average molecular weight is 368 g/mol. The highest BCUT2D eigenvalue weighted by Crippen LogP contribution is 2.25. The number of aromatic nitrogens is 1. The highest BCUT2D eigenvalue weighted by molar-refractivity contribution is 7.09. The predicted molar refractivity (Wildman–Crippen MR) is 103 cm³/mol. The van der Waals surface area contributed by atoms with Crippen LogP contribution in [0.15, 0.2) is 53.5 Å². The van der Waals surface area contributed by atoms with Gasteiger partial charge in [0.1, 0.15) is 11.5 Å². The lowest BCUT2D eigenvalue weighted by atomic mass is 10.1. The molecule has 0 N–H and O–H groups in total. The summed E-state index contributed by atoms with van der Waals surface area (Å²) in [5.74, 6) is 0.776. The number of thiazole rings is 1. The van der Waals surface area contributed by atoms with E-state index in [-0.39, 0.29) is 5.91 Å². The largest absolute Gasteiger partial charge is 0.497 e. The first-order valence-electron chi connectivity index (χ1n) is 8.07. The van der Waals surface area contributed by atoms with Crippen molar-refractivity contribution in [2.24, 2.45) is 12.0 Å². The maximum absolute atomic E-state index is 12.7. The Labute approximate surface area is 156 Å². The molecular formula is C20H20N2O3S.